The van der Waals surface area contributed by atoms with Crippen LogP contribution in [0, 0.1) is 17.6 Å². The van der Waals surface area contributed by atoms with Crippen molar-refractivity contribution in [1.29, 1.82) is 0 Å². The van der Waals surface area contributed by atoms with Gasteiger partial charge in [0.2, 0.25) is 11.8 Å². The highest BCUT2D eigenvalue weighted by Crippen LogP contribution is 2.27. The fourth-order valence-corrected chi connectivity index (χ4v) is 2.32. The molecule has 2 rings (SSSR count). The van der Waals surface area contributed by atoms with E-state index in [1.807, 2.05) is 6.92 Å². The summed E-state index contributed by atoms with van der Waals surface area (Å²) >= 11 is 0. The maximum absolute atomic E-state index is 13.8. The molecule has 2 amide bonds. The van der Waals surface area contributed by atoms with Gasteiger partial charge in [0.1, 0.15) is 11.6 Å². The summed E-state index contributed by atoms with van der Waals surface area (Å²) in [7, 11) is 1.79. The Morgan fingerprint density at radius 1 is 1.43 bits per heavy atom. The van der Waals surface area contributed by atoms with E-state index in [0.717, 1.165) is 12.1 Å². The molecule has 0 aliphatic carbocycles. The van der Waals surface area contributed by atoms with E-state index in [1.54, 1.807) is 7.05 Å². The summed E-state index contributed by atoms with van der Waals surface area (Å²) in [6, 6.07) is 3.15. The van der Waals surface area contributed by atoms with Gasteiger partial charge in [-0.1, -0.05) is 0 Å². The van der Waals surface area contributed by atoms with Crippen molar-refractivity contribution in [3.63, 3.8) is 0 Å². The molecule has 1 aromatic carbocycles. The molecule has 8 heteroatoms. The molecule has 0 saturated carbocycles. The van der Waals surface area contributed by atoms with E-state index in [4.69, 9.17) is 0 Å². The lowest BCUT2D eigenvalue weighted by molar-refractivity contribution is -0.126. The molecule has 1 saturated heterocycles. The average molecular weight is 348 g/mol. The van der Waals surface area contributed by atoms with Crippen LogP contribution < -0.4 is 15.5 Å². The number of rotatable bonds is 5. The summed E-state index contributed by atoms with van der Waals surface area (Å²) in [4.78, 5) is 25.2. The fraction of sp³-hybridized carbons (Fsp3) is 0.467. The Balaban J connectivity index is 0.00000264. The van der Waals surface area contributed by atoms with Crippen LogP contribution in [0.15, 0.2) is 18.2 Å². The second kappa shape index (κ2) is 8.21. The summed E-state index contributed by atoms with van der Waals surface area (Å²) in [5.74, 6) is -2.62. The molecule has 0 aromatic heterocycles. The summed E-state index contributed by atoms with van der Waals surface area (Å²) in [6.07, 6.45) is 0.0244. The van der Waals surface area contributed by atoms with E-state index in [1.165, 1.54) is 11.0 Å². The first-order valence-corrected chi connectivity index (χ1v) is 7.12. The molecule has 1 aromatic rings. The maximum atomic E-state index is 13.8. The standard InChI is InChI=1S/C15H19F2N3O2.ClH/c1-9(18-2)7-19-15(22)10-5-14(21)20(8-10)13-4-3-11(16)6-12(13)17;/h3-4,6,9-10,18H,5,7-8H2,1-2H3,(H,19,22);1H. The lowest BCUT2D eigenvalue weighted by Gasteiger charge is -2.18. The van der Waals surface area contributed by atoms with Gasteiger partial charge in [-0.25, -0.2) is 8.78 Å². The van der Waals surface area contributed by atoms with Gasteiger partial charge in [0.15, 0.2) is 0 Å². The van der Waals surface area contributed by atoms with Crippen molar-refractivity contribution < 1.29 is 18.4 Å². The Kier molecular flexibility index (Phi) is 6.90. The number of nitrogens with one attached hydrogen (secondary N) is 2. The van der Waals surface area contributed by atoms with Gasteiger partial charge in [-0.3, -0.25) is 9.59 Å². The molecular weight excluding hydrogens is 328 g/mol. The highest BCUT2D eigenvalue weighted by atomic mass is 35.5. The summed E-state index contributed by atoms with van der Waals surface area (Å²) in [6.45, 7) is 2.46. The minimum Gasteiger partial charge on any atom is -0.354 e. The maximum Gasteiger partial charge on any atom is 0.227 e. The van der Waals surface area contributed by atoms with Gasteiger partial charge >= 0.3 is 0 Å². The first kappa shape index (κ1) is 19.3. The number of anilines is 1. The molecule has 5 nitrogen and oxygen atoms in total. The number of carbonyl (C=O) groups is 2. The quantitative estimate of drug-likeness (QED) is 0.848. The van der Waals surface area contributed by atoms with Gasteiger partial charge in [0, 0.05) is 31.6 Å². The first-order chi connectivity index (χ1) is 10.4. The average Bonchev–Trinajstić information content (AvgIpc) is 2.86. The number of hydrogen-bond acceptors (Lipinski definition) is 3. The third-order valence-electron chi connectivity index (χ3n) is 3.77. The van der Waals surface area contributed by atoms with Crippen LogP contribution in [0.2, 0.25) is 0 Å². The van der Waals surface area contributed by atoms with E-state index in [9.17, 15) is 18.4 Å². The van der Waals surface area contributed by atoms with Crippen molar-refractivity contribution >= 4 is 29.9 Å². The summed E-state index contributed by atoms with van der Waals surface area (Å²) < 4.78 is 26.7. The van der Waals surface area contributed by atoms with Crippen LogP contribution in [0.5, 0.6) is 0 Å². The zero-order chi connectivity index (χ0) is 16.3. The van der Waals surface area contributed by atoms with Gasteiger partial charge in [-0.2, -0.15) is 0 Å². The lowest BCUT2D eigenvalue weighted by atomic mass is 10.1. The fourth-order valence-electron chi connectivity index (χ4n) is 2.32. The molecule has 1 aliphatic rings. The monoisotopic (exact) mass is 347 g/mol. The second-order valence-corrected chi connectivity index (χ2v) is 5.44. The predicted octanol–water partition coefficient (Wildman–Crippen LogP) is 1.46. The number of carbonyl (C=O) groups excluding carboxylic acids is 2. The third-order valence-corrected chi connectivity index (χ3v) is 3.77. The highest BCUT2D eigenvalue weighted by Gasteiger charge is 2.36. The third kappa shape index (κ3) is 4.62. The van der Waals surface area contributed by atoms with E-state index >= 15 is 0 Å². The van der Waals surface area contributed by atoms with Crippen LogP contribution in [0.1, 0.15) is 13.3 Å². The van der Waals surface area contributed by atoms with E-state index in [2.05, 4.69) is 10.6 Å². The Hall–Kier alpha value is -1.73. The van der Waals surface area contributed by atoms with Crippen molar-refractivity contribution in [3.05, 3.63) is 29.8 Å². The number of nitrogens with zero attached hydrogens (tertiary/aromatic N) is 1. The summed E-state index contributed by atoms with van der Waals surface area (Å²) in [5.41, 5.74) is 0.00490. The molecule has 1 aliphatic heterocycles. The normalized spacial score (nSPS) is 18.5. The molecule has 2 unspecified atom stereocenters. The minimum atomic E-state index is -0.807. The number of amides is 2. The van der Waals surface area contributed by atoms with Gasteiger partial charge in [-0.05, 0) is 26.1 Å². The molecule has 2 atom stereocenters. The van der Waals surface area contributed by atoms with E-state index in [-0.39, 0.29) is 48.9 Å². The van der Waals surface area contributed by atoms with E-state index < -0.39 is 17.6 Å². The lowest BCUT2D eigenvalue weighted by Crippen LogP contribution is -2.40. The van der Waals surface area contributed by atoms with Crippen molar-refractivity contribution in [2.75, 3.05) is 25.0 Å². The molecule has 128 valence electrons. The van der Waals surface area contributed by atoms with Crippen molar-refractivity contribution in [2.24, 2.45) is 5.92 Å². The number of benzene rings is 1. The number of likely N-dealkylation sites (N-methyl/N-ethyl adjacent to an activating group) is 1. The zero-order valence-corrected chi connectivity index (χ0v) is 13.8. The van der Waals surface area contributed by atoms with E-state index in [0.29, 0.717) is 6.54 Å². The molecule has 1 fully saturated rings. The summed E-state index contributed by atoms with van der Waals surface area (Å²) in [5, 5.41) is 5.75. The van der Waals surface area contributed by atoms with Gasteiger partial charge in [-0.15, -0.1) is 12.4 Å². The molecule has 0 bridgehead atoms. The van der Waals surface area contributed by atoms with Crippen LogP contribution in [0.4, 0.5) is 14.5 Å². The Morgan fingerprint density at radius 3 is 2.74 bits per heavy atom. The topological polar surface area (TPSA) is 61.4 Å². The Labute approximate surface area is 139 Å². The van der Waals surface area contributed by atoms with Crippen molar-refractivity contribution in [2.45, 2.75) is 19.4 Å². The molecule has 2 N–H and O–H groups in total. The molecule has 0 spiro atoms. The minimum absolute atomic E-state index is 0. The van der Waals surface area contributed by atoms with Crippen LogP contribution in [0.3, 0.4) is 0 Å². The SMILES string of the molecule is CNC(C)CNC(=O)C1CC(=O)N(c2ccc(F)cc2F)C1.Cl. The first-order valence-electron chi connectivity index (χ1n) is 7.12. The van der Waals surface area contributed by atoms with Gasteiger partial charge in [0.25, 0.3) is 0 Å². The van der Waals surface area contributed by atoms with Crippen molar-refractivity contribution in [1.82, 2.24) is 10.6 Å². The highest BCUT2D eigenvalue weighted by molar-refractivity contribution is 6.00. The van der Waals surface area contributed by atoms with Crippen molar-refractivity contribution in [3.8, 4) is 0 Å². The number of hydrogen-bond donors (Lipinski definition) is 2. The Morgan fingerprint density at radius 2 is 2.13 bits per heavy atom. The van der Waals surface area contributed by atoms with Crippen LogP contribution in [-0.4, -0.2) is 38.0 Å². The molecular formula is C15H20ClF2N3O2. The predicted molar refractivity (Wildman–Crippen MR) is 85.6 cm³/mol. The molecule has 1 heterocycles. The Bertz CT molecular complexity index is 586. The molecule has 23 heavy (non-hydrogen) atoms. The second-order valence-electron chi connectivity index (χ2n) is 5.44. The van der Waals surface area contributed by atoms with Gasteiger partial charge < -0.3 is 15.5 Å². The van der Waals surface area contributed by atoms with Crippen LogP contribution in [-0.2, 0) is 9.59 Å². The van der Waals surface area contributed by atoms with Gasteiger partial charge in [0.05, 0.1) is 11.6 Å². The smallest absolute Gasteiger partial charge is 0.227 e. The largest absolute Gasteiger partial charge is 0.354 e. The van der Waals surface area contributed by atoms with Crippen LogP contribution >= 0.6 is 12.4 Å². The van der Waals surface area contributed by atoms with Crippen LogP contribution in [0.25, 0.3) is 0 Å². The number of halogens is 3. The molecule has 0 radical (unpaired) electrons. The zero-order valence-electron chi connectivity index (χ0n) is 12.9.